The van der Waals surface area contributed by atoms with Crippen molar-refractivity contribution in [3.05, 3.63) is 0 Å². The summed E-state index contributed by atoms with van der Waals surface area (Å²) in [5, 5.41) is 3.42. The van der Waals surface area contributed by atoms with E-state index in [0.29, 0.717) is 0 Å². The molecule has 18 heavy (non-hydrogen) atoms. The first kappa shape index (κ1) is 15.4. The summed E-state index contributed by atoms with van der Waals surface area (Å²) in [6, 6.07) is 0. The van der Waals surface area contributed by atoms with E-state index in [-0.39, 0.29) is 23.0 Å². The highest BCUT2D eigenvalue weighted by molar-refractivity contribution is 5.88. The lowest BCUT2D eigenvalue weighted by molar-refractivity contribution is -0.134. The molecule has 0 radical (unpaired) electrons. The maximum absolute atomic E-state index is 12.5. The van der Waals surface area contributed by atoms with Crippen molar-refractivity contribution < 1.29 is 4.79 Å². The second-order valence-electron chi connectivity index (χ2n) is 6.84. The van der Waals surface area contributed by atoms with Crippen LogP contribution in [0.5, 0.6) is 0 Å². The predicted octanol–water partition coefficient (Wildman–Crippen LogP) is 1.52. The minimum atomic E-state index is -0.381. The SMILES string of the molecule is CCC1(C)NC(C)N(CC(C)(C)CN(C)C)C1=O. The Labute approximate surface area is 112 Å². The molecular formula is C14H29N3O. The van der Waals surface area contributed by atoms with Crippen LogP contribution in [0.2, 0.25) is 0 Å². The molecule has 1 rings (SSSR count). The van der Waals surface area contributed by atoms with Crippen LogP contribution in [0.1, 0.15) is 41.0 Å². The van der Waals surface area contributed by atoms with Gasteiger partial charge in [-0.25, -0.2) is 0 Å². The van der Waals surface area contributed by atoms with Gasteiger partial charge in [-0.2, -0.15) is 0 Å². The van der Waals surface area contributed by atoms with Gasteiger partial charge in [0.15, 0.2) is 0 Å². The molecule has 0 aromatic heterocycles. The lowest BCUT2D eigenvalue weighted by Gasteiger charge is -2.34. The Balaban J connectivity index is 2.76. The summed E-state index contributed by atoms with van der Waals surface area (Å²) in [7, 11) is 4.15. The Morgan fingerprint density at radius 3 is 2.39 bits per heavy atom. The third-order valence-corrected chi connectivity index (χ3v) is 3.78. The van der Waals surface area contributed by atoms with Gasteiger partial charge in [0.05, 0.1) is 11.7 Å². The first-order valence-corrected chi connectivity index (χ1v) is 6.85. The lowest BCUT2D eigenvalue weighted by Crippen LogP contribution is -2.46. The van der Waals surface area contributed by atoms with Crippen molar-refractivity contribution in [2.24, 2.45) is 5.41 Å². The van der Waals surface area contributed by atoms with Crippen LogP contribution in [0.3, 0.4) is 0 Å². The van der Waals surface area contributed by atoms with Gasteiger partial charge in [-0.15, -0.1) is 0 Å². The summed E-state index contributed by atoms with van der Waals surface area (Å²) in [5.41, 5.74) is -0.276. The molecule has 0 saturated carbocycles. The normalized spacial score (nSPS) is 29.4. The molecule has 1 aliphatic heterocycles. The van der Waals surface area contributed by atoms with Crippen molar-refractivity contribution in [1.29, 1.82) is 0 Å². The number of nitrogens with zero attached hydrogens (tertiary/aromatic N) is 2. The Morgan fingerprint density at radius 1 is 1.44 bits per heavy atom. The molecular weight excluding hydrogens is 226 g/mol. The van der Waals surface area contributed by atoms with Gasteiger partial charge in [0.1, 0.15) is 0 Å². The van der Waals surface area contributed by atoms with Crippen molar-refractivity contribution in [2.75, 3.05) is 27.2 Å². The van der Waals surface area contributed by atoms with Crippen LogP contribution in [0.25, 0.3) is 0 Å². The smallest absolute Gasteiger partial charge is 0.243 e. The molecule has 1 saturated heterocycles. The Kier molecular flexibility index (Phi) is 4.44. The number of carbonyl (C=O) groups is 1. The molecule has 0 aliphatic carbocycles. The van der Waals surface area contributed by atoms with Crippen LogP contribution < -0.4 is 5.32 Å². The number of nitrogens with one attached hydrogen (secondary N) is 1. The molecule has 1 aliphatic rings. The minimum Gasteiger partial charge on any atom is -0.325 e. The van der Waals surface area contributed by atoms with Crippen molar-refractivity contribution >= 4 is 5.91 Å². The van der Waals surface area contributed by atoms with Gasteiger partial charge in [-0.1, -0.05) is 20.8 Å². The van der Waals surface area contributed by atoms with E-state index in [2.05, 4.69) is 52.0 Å². The van der Waals surface area contributed by atoms with Crippen LogP contribution >= 0.6 is 0 Å². The molecule has 0 aromatic rings. The molecule has 1 heterocycles. The zero-order chi connectivity index (χ0) is 14.1. The van der Waals surface area contributed by atoms with E-state index in [9.17, 15) is 4.79 Å². The molecule has 1 N–H and O–H groups in total. The molecule has 2 atom stereocenters. The van der Waals surface area contributed by atoms with Crippen LogP contribution in [0.4, 0.5) is 0 Å². The highest BCUT2D eigenvalue weighted by atomic mass is 16.2. The summed E-state index contributed by atoms with van der Waals surface area (Å²) in [6.45, 7) is 12.4. The van der Waals surface area contributed by atoms with E-state index in [4.69, 9.17) is 0 Å². The Hall–Kier alpha value is -0.610. The Bertz CT molecular complexity index is 314. The first-order chi connectivity index (χ1) is 8.11. The molecule has 1 fully saturated rings. The quantitative estimate of drug-likeness (QED) is 0.809. The van der Waals surface area contributed by atoms with E-state index >= 15 is 0 Å². The average molecular weight is 255 g/mol. The molecule has 0 aromatic carbocycles. The maximum Gasteiger partial charge on any atom is 0.243 e. The van der Waals surface area contributed by atoms with E-state index in [1.807, 2.05) is 11.8 Å². The summed E-state index contributed by atoms with van der Waals surface area (Å²) in [6.07, 6.45) is 0.963. The fourth-order valence-corrected chi connectivity index (χ4v) is 2.92. The summed E-state index contributed by atoms with van der Waals surface area (Å²) in [4.78, 5) is 16.7. The van der Waals surface area contributed by atoms with Gasteiger partial charge >= 0.3 is 0 Å². The topological polar surface area (TPSA) is 35.6 Å². The fourth-order valence-electron chi connectivity index (χ4n) is 2.92. The van der Waals surface area contributed by atoms with Crippen LogP contribution in [0, 0.1) is 5.41 Å². The highest BCUT2D eigenvalue weighted by Crippen LogP contribution is 2.27. The first-order valence-electron chi connectivity index (χ1n) is 6.85. The molecule has 0 bridgehead atoms. The third kappa shape index (κ3) is 3.23. The second-order valence-corrected chi connectivity index (χ2v) is 6.84. The zero-order valence-electron chi connectivity index (χ0n) is 13.0. The molecule has 1 amide bonds. The van der Waals surface area contributed by atoms with E-state index in [1.165, 1.54) is 0 Å². The van der Waals surface area contributed by atoms with Gasteiger partial charge in [0, 0.05) is 13.1 Å². The van der Waals surface area contributed by atoms with E-state index in [0.717, 1.165) is 19.5 Å². The number of rotatable bonds is 5. The van der Waals surface area contributed by atoms with Crippen LogP contribution in [0.15, 0.2) is 0 Å². The van der Waals surface area contributed by atoms with Gasteiger partial charge in [-0.3, -0.25) is 10.1 Å². The van der Waals surface area contributed by atoms with Gasteiger partial charge in [-0.05, 0) is 39.8 Å². The van der Waals surface area contributed by atoms with Crippen molar-refractivity contribution in [3.8, 4) is 0 Å². The summed E-state index contributed by atoms with van der Waals surface area (Å²) < 4.78 is 0. The molecule has 4 heteroatoms. The number of amides is 1. The Morgan fingerprint density at radius 2 is 2.00 bits per heavy atom. The van der Waals surface area contributed by atoms with E-state index in [1.54, 1.807) is 0 Å². The predicted molar refractivity (Wildman–Crippen MR) is 75.3 cm³/mol. The lowest BCUT2D eigenvalue weighted by atomic mass is 9.91. The van der Waals surface area contributed by atoms with Crippen molar-refractivity contribution in [3.63, 3.8) is 0 Å². The monoisotopic (exact) mass is 255 g/mol. The van der Waals surface area contributed by atoms with Crippen molar-refractivity contribution in [1.82, 2.24) is 15.1 Å². The third-order valence-electron chi connectivity index (χ3n) is 3.78. The molecule has 0 spiro atoms. The minimum absolute atomic E-state index is 0.105. The van der Waals surface area contributed by atoms with Crippen LogP contribution in [-0.4, -0.2) is 54.6 Å². The maximum atomic E-state index is 12.5. The summed E-state index contributed by atoms with van der Waals surface area (Å²) in [5.74, 6) is 0.240. The van der Waals surface area contributed by atoms with Gasteiger partial charge in [0.2, 0.25) is 5.91 Å². The van der Waals surface area contributed by atoms with Gasteiger partial charge in [0.25, 0.3) is 0 Å². The average Bonchev–Trinajstić information content (AvgIpc) is 2.41. The van der Waals surface area contributed by atoms with E-state index < -0.39 is 0 Å². The van der Waals surface area contributed by atoms with Crippen LogP contribution in [-0.2, 0) is 4.79 Å². The summed E-state index contributed by atoms with van der Waals surface area (Å²) >= 11 is 0. The standard InChI is InChI=1S/C14H29N3O/c1-8-14(5)12(18)17(11(2)15-14)10-13(3,4)9-16(6)7/h11,15H,8-10H2,1-7H3. The zero-order valence-corrected chi connectivity index (χ0v) is 13.0. The second kappa shape index (κ2) is 5.17. The molecule has 4 nitrogen and oxygen atoms in total. The largest absolute Gasteiger partial charge is 0.325 e. The van der Waals surface area contributed by atoms with Crippen molar-refractivity contribution in [2.45, 2.75) is 52.7 Å². The molecule has 106 valence electrons. The number of hydrogen-bond acceptors (Lipinski definition) is 3. The highest BCUT2D eigenvalue weighted by Gasteiger charge is 2.46. The van der Waals surface area contributed by atoms with Gasteiger partial charge < -0.3 is 9.80 Å². The molecule has 2 unspecified atom stereocenters. The number of hydrogen-bond donors (Lipinski definition) is 1. The number of carbonyl (C=O) groups excluding carboxylic acids is 1. The fraction of sp³-hybridized carbons (Fsp3) is 0.929.